The summed E-state index contributed by atoms with van der Waals surface area (Å²) in [6.07, 6.45) is -16.7. The second-order valence-electron chi connectivity index (χ2n) is 10.3. The molecule has 15 heteroatoms. The standard InChI is InChI=1S/C27H30O15/c28-16-18(30)22(24(34)35)41-26(20(16)32)39-13-4-1-10(2-5-13)12-7-11-3-6-14(8-15(11)38-9-12)40-27-21(33)17(29)19(31)23(42-27)25(36)37/h1-6,8,12,16-23,26-33H,7,9H2,(H,34,35)(H,36,37)/t12?,16-,17-,18-,19-,20+,21+,22-,23-,26+,27+/m0/s1. The number of rotatable bonds is 7. The van der Waals surface area contributed by atoms with E-state index in [1.54, 1.807) is 36.4 Å². The van der Waals surface area contributed by atoms with E-state index < -0.39 is 73.4 Å². The van der Waals surface area contributed by atoms with E-state index in [1.165, 1.54) is 6.07 Å². The number of aliphatic hydroxyl groups is 6. The summed E-state index contributed by atoms with van der Waals surface area (Å²) in [5.41, 5.74) is 1.71. The van der Waals surface area contributed by atoms with Crippen molar-refractivity contribution in [3.05, 3.63) is 53.6 Å². The van der Waals surface area contributed by atoms with E-state index in [0.29, 0.717) is 12.2 Å². The first kappa shape index (κ1) is 29.9. The summed E-state index contributed by atoms with van der Waals surface area (Å²) < 4.78 is 27.3. The van der Waals surface area contributed by atoms with Crippen LogP contribution in [0.5, 0.6) is 17.2 Å². The quantitative estimate of drug-likeness (QED) is 0.172. The minimum atomic E-state index is -1.83. The maximum atomic E-state index is 11.3. The van der Waals surface area contributed by atoms with Gasteiger partial charge < -0.3 is 64.5 Å². The Labute approximate surface area is 237 Å². The first-order valence-corrected chi connectivity index (χ1v) is 13.0. The van der Waals surface area contributed by atoms with Crippen molar-refractivity contribution in [1.82, 2.24) is 0 Å². The second-order valence-corrected chi connectivity index (χ2v) is 10.3. The summed E-state index contributed by atoms with van der Waals surface area (Å²) >= 11 is 0. The molecule has 42 heavy (non-hydrogen) atoms. The van der Waals surface area contributed by atoms with Gasteiger partial charge in [0, 0.05) is 12.0 Å². The number of hydrogen-bond acceptors (Lipinski definition) is 13. The van der Waals surface area contributed by atoms with Gasteiger partial charge in [0.1, 0.15) is 53.9 Å². The monoisotopic (exact) mass is 594 g/mol. The van der Waals surface area contributed by atoms with Crippen molar-refractivity contribution in [3.8, 4) is 17.2 Å². The Hall–Kier alpha value is -3.54. The number of benzene rings is 2. The van der Waals surface area contributed by atoms with Crippen LogP contribution < -0.4 is 14.2 Å². The van der Waals surface area contributed by atoms with E-state index in [2.05, 4.69) is 0 Å². The molecule has 0 amide bonds. The zero-order chi connectivity index (χ0) is 30.3. The molecule has 11 atom stereocenters. The Balaban J connectivity index is 1.21. The van der Waals surface area contributed by atoms with Crippen LogP contribution in [0.4, 0.5) is 0 Å². The van der Waals surface area contributed by atoms with Crippen LogP contribution in [0.2, 0.25) is 0 Å². The molecule has 2 fully saturated rings. The molecule has 0 saturated carbocycles. The number of carboxylic acid groups (broad SMARTS) is 2. The van der Waals surface area contributed by atoms with Crippen LogP contribution in [0.25, 0.3) is 0 Å². The molecular formula is C27H30O15. The summed E-state index contributed by atoms with van der Waals surface area (Å²) in [7, 11) is 0. The molecule has 0 radical (unpaired) electrons. The van der Waals surface area contributed by atoms with E-state index >= 15 is 0 Å². The molecule has 2 aromatic rings. The minimum Gasteiger partial charge on any atom is -0.493 e. The normalized spacial score (nSPS) is 36.3. The molecule has 8 N–H and O–H groups in total. The van der Waals surface area contributed by atoms with Crippen LogP contribution >= 0.6 is 0 Å². The SMILES string of the molecule is O=C(O)[C@H]1O[C@@H](Oc2ccc(C3COc4cc(O[C@@H]5O[C@H](C(=O)O)[C@@H](O)[C@H](O)[C@H]5O)ccc4C3)cc2)[C@H](O)[C@@H](O)[C@@H]1O. The lowest BCUT2D eigenvalue weighted by atomic mass is 9.90. The lowest BCUT2D eigenvalue weighted by molar-refractivity contribution is -0.271. The number of fused-ring (bicyclic) bond motifs is 1. The fourth-order valence-electron chi connectivity index (χ4n) is 5.03. The van der Waals surface area contributed by atoms with Crippen LogP contribution in [0.3, 0.4) is 0 Å². The molecule has 3 aliphatic heterocycles. The third-order valence-electron chi connectivity index (χ3n) is 7.43. The average Bonchev–Trinajstić information content (AvgIpc) is 2.97. The van der Waals surface area contributed by atoms with Crippen molar-refractivity contribution < 1.29 is 74.1 Å². The maximum absolute atomic E-state index is 11.3. The second kappa shape index (κ2) is 12.0. The zero-order valence-electron chi connectivity index (χ0n) is 21.7. The van der Waals surface area contributed by atoms with Gasteiger partial charge in [-0.2, -0.15) is 0 Å². The topological polar surface area (TPSA) is 242 Å². The third-order valence-corrected chi connectivity index (χ3v) is 7.43. The van der Waals surface area contributed by atoms with Gasteiger partial charge in [0.05, 0.1) is 6.61 Å². The minimum absolute atomic E-state index is 0.0698. The van der Waals surface area contributed by atoms with E-state index in [0.717, 1.165) is 11.1 Å². The van der Waals surface area contributed by atoms with Crippen LogP contribution in [0.1, 0.15) is 17.0 Å². The third kappa shape index (κ3) is 5.86. The van der Waals surface area contributed by atoms with Crippen molar-refractivity contribution in [3.63, 3.8) is 0 Å². The maximum Gasteiger partial charge on any atom is 0.335 e. The van der Waals surface area contributed by atoms with Crippen molar-refractivity contribution in [1.29, 1.82) is 0 Å². The Kier molecular flexibility index (Phi) is 8.54. The summed E-state index contributed by atoms with van der Waals surface area (Å²) in [6, 6.07) is 11.5. The Morgan fingerprint density at radius 1 is 0.667 bits per heavy atom. The molecule has 5 rings (SSSR count). The van der Waals surface area contributed by atoms with Crippen LogP contribution in [-0.4, -0.2) is 121 Å². The van der Waals surface area contributed by atoms with Crippen LogP contribution in [-0.2, 0) is 25.5 Å². The van der Waals surface area contributed by atoms with Crippen molar-refractivity contribution >= 4 is 11.9 Å². The molecule has 3 aliphatic rings. The van der Waals surface area contributed by atoms with E-state index in [9.17, 15) is 50.4 Å². The molecule has 0 bridgehead atoms. The van der Waals surface area contributed by atoms with Gasteiger partial charge in [-0.15, -0.1) is 0 Å². The first-order valence-electron chi connectivity index (χ1n) is 13.0. The highest BCUT2D eigenvalue weighted by Crippen LogP contribution is 2.36. The Bertz CT molecular complexity index is 1280. The predicted octanol–water partition coefficient (Wildman–Crippen LogP) is -2.05. The summed E-state index contributed by atoms with van der Waals surface area (Å²) in [6.45, 7) is 0.278. The molecule has 3 heterocycles. The molecular weight excluding hydrogens is 564 g/mol. The Morgan fingerprint density at radius 2 is 1.17 bits per heavy atom. The molecule has 1 unspecified atom stereocenters. The molecule has 15 nitrogen and oxygen atoms in total. The van der Waals surface area contributed by atoms with Gasteiger partial charge in [-0.25, -0.2) is 9.59 Å². The highest BCUT2D eigenvalue weighted by molar-refractivity contribution is 5.73. The number of hydrogen-bond donors (Lipinski definition) is 8. The smallest absolute Gasteiger partial charge is 0.335 e. The molecule has 228 valence electrons. The van der Waals surface area contributed by atoms with Crippen LogP contribution in [0.15, 0.2) is 42.5 Å². The summed E-state index contributed by atoms with van der Waals surface area (Å²) in [4.78, 5) is 22.6. The average molecular weight is 595 g/mol. The molecule has 0 aliphatic carbocycles. The van der Waals surface area contributed by atoms with Gasteiger partial charge in [-0.3, -0.25) is 0 Å². The van der Waals surface area contributed by atoms with Gasteiger partial charge in [-0.1, -0.05) is 18.2 Å². The number of ether oxygens (including phenoxy) is 5. The van der Waals surface area contributed by atoms with E-state index in [1.807, 2.05) is 0 Å². The highest BCUT2D eigenvalue weighted by atomic mass is 16.7. The number of aliphatic carboxylic acids is 2. The fourth-order valence-corrected chi connectivity index (χ4v) is 5.03. The summed E-state index contributed by atoms with van der Waals surface area (Å²) in [5, 5.41) is 78.3. The predicted molar refractivity (Wildman–Crippen MR) is 135 cm³/mol. The molecule has 2 saturated heterocycles. The van der Waals surface area contributed by atoms with Crippen molar-refractivity contribution in [2.75, 3.05) is 6.61 Å². The first-order chi connectivity index (χ1) is 19.9. The van der Waals surface area contributed by atoms with Crippen LogP contribution in [0, 0.1) is 0 Å². The number of carboxylic acids is 2. The van der Waals surface area contributed by atoms with Gasteiger partial charge in [-0.05, 0) is 35.7 Å². The lowest BCUT2D eigenvalue weighted by Crippen LogP contribution is -2.61. The van der Waals surface area contributed by atoms with Gasteiger partial charge >= 0.3 is 11.9 Å². The fraction of sp³-hybridized carbons (Fsp3) is 0.481. The van der Waals surface area contributed by atoms with Gasteiger partial charge in [0.2, 0.25) is 12.6 Å². The van der Waals surface area contributed by atoms with E-state index in [-0.39, 0.29) is 24.0 Å². The summed E-state index contributed by atoms with van der Waals surface area (Å²) in [5.74, 6) is -2.21. The van der Waals surface area contributed by atoms with Gasteiger partial charge in [0.25, 0.3) is 0 Å². The van der Waals surface area contributed by atoms with Crippen molar-refractivity contribution in [2.24, 2.45) is 0 Å². The molecule has 0 spiro atoms. The highest BCUT2D eigenvalue weighted by Gasteiger charge is 2.49. The van der Waals surface area contributed by atoms with Gasteiger partial charge in [0.15, 0.2) is 12.2 Å². The number of aliphatic hydroxyl groups excluding tert-OH is 6. The largest absolute Gasteiger partial charge is 0.493 e. The zero-order valence-corrected chi connectivity index (χ0v) is 21.7. The molecule has 2 aromatic carbocycles. The lowest BCUT2D eigenvalue weighted by Gasteiger charge is -2.38. The number of carbonyl (C=O) groups is 2. The molecule has 0 aromatic heterocycles. The Morgan fingerprint density at radius 3 is 1.69 bits per heavy atom. The van der Waals surface area contributed by atoms with Crippen molar-refractivity contribution in [2.45, 2.75) is 73.8 Å². The van der Waals surface area contributed by atoms with E-state index in [4.69, 9.17) is 23.7 Å².